The second-order valence-corrected chi connectivity index (χ2v) is 11.6. The molecule has 1 aromatic heterocycles. The van der Waals surface area contributed by atoms with Gasteiger partial charge in [-0.2, -0.15) is 0 Å². The largest absolute Gasteiger partial charge is 0.381 e. The molecule has 0 spiro atoms. The van der Waals surface area contributed by atoms with Crippen molar-refractivity contribution in [3.05, 3.63) is 17.4 Å². The maximum atomic E-state index is 11.6. The Hall–Kier alpha value is -0.960. The van der Waals surface area contributed by atoms with E-state index in [1.807, 2.05) is 0 Å². The molecule has 0 radical (unpaired) electrons. The first kappa shape index (κ1) is 22.2. The number of rotatable bonds is 7. The van der Waals surface area contributed by atoms with E-state index >= 15 is 0 Å². The van der Waals surface area contributed by atoms with E-state index in [0.29, 0.717) is 29.9 Å². The number of ether oxygens (including phenoxy) is 1. The summed E-state index contributed by atoms with van der Waals surface area (Å²) < 4.78 is 30.9. The molecule has 3 heterocycles. The van der Waals surface area contributed by atoms with Gasteiger partial charge in [-0.1, -0.05) is 11.6 Å². The summed E-state index contributed by atoms with van der Waals surface area (Å²) in [5, 5.41) is 0.576. The first-order valence-corrected chi connectivity index (χ1v) is 13.4. The summed E-state index contributed by atoms with van der Waals surface area (Å²) in [6.45, 7) is 4.92. The molecule has 9 heteroatoms. The molecule has 2 saturated heterocycles. The molecular formula is C21H33ClN4O3S. The Balaban J connectivity index is 1.15. The highest BCUT2D eigenvalue weighted by Gasteiger charge is 2.38. The van der Waals surface area contributed by atoms with Crippen LogP contribution in [0.1, 0.15) is 38.5 Å². The van der Waals surface area contributed by atoms with Gasteiger partial charge >= 0.3 is 0 Å². The molecule has 3 aliphatic rings. The van der Waals surface area contributed by atoms with Crippen LogP contribution in [0, 0.1) is 23.7 Å². The van der Waals surface area contributed by atoms with Gasteiger partial charge in [-0.3, -0.25) is 0 Å². The van der Waals surface area contributed by atoms with E-state index in [-0.39, 0.29) is 0 Å². The van der Waals surface area contributed by atoms with Crippen molar-refractivity contribution in [2.45, 2.75) is 38.5 Å². The molecule has 1 saturated carbocycles. The lowest BCUT2D eigenvalue weighted by atomic mass is 9.65. The van der Waals surface area contributed by atoms with Gasteiger partial charge in [-0.15, -0.1) is 0 Å². The number of hydrogen-bond donors (Lipinski definition) is 0. The molecular weight excluding hydrogens is 424 g/mol. The average molecular weight is 457 g/mol. The van der Waals surface area contributed by atoms with E-state index in [0.717, 1.165) is 56.9 Å². The number of anilines is 1. The van der Waals surface area contributed by atoms with E-state index in [9.17, 15) is 8.42 Å². The average Bonchev–Trinajstić information content (AvgIpc) is 2.71. The quantitative estimate of drug-likeness (QED) is 0.627. The number of aromatic nitrogens is 2. The molecule has 30 heavy (non-hydrogen) atoms. The number of nitrogens with zero attached hydrogens (tertiary/aromatic N) is 4. The summed E-state index contributed by atoms with van der Waals surface area (Å²) in [4.78, 5) is 11.0. The highest BCUT2D eigenvalue weighted by atomic mass is 35.5. The van der Waals surface area contributed by atoms with E-state index < -0.39 is 10.0 Å². The minimum Gasteiger partial charge on any atom is -0.381 e. The monoisotopic (exact) mass is 456 g/mol. The first-order chi connectivity index (χ1) is 14.4. The number of piperidine rings is 2. The smallest absolute Gasteiger partial charge is 0.225 e. The molecule has 0 amide bonds. The molecule has 4 rings (SSSR count). The summed E-state index contributed by atoms with van der Waals surface area (Å²) in [7, 11) is -3.05. The molecule has 7 nitrogen and oxygen atoms in total. The summed E-state index contributed by atoms with van der Waals surface area (Å²) >= 11 is 5.89. The van der Waals surface area contributed by atoms with Crippen LogP contribution in [0.2, 0.25) is 5.02 Å². The predicted molar refractivity (Wildman–Crippen MR) is 118 cm³/mol. The Bertz CT molecular complexity index is 791. The van der Waals surface area contributed by atoms with Crippen LogP contribution in [0.25, 0.3) is 0 Å². The Morgan fingerprint density at radius 3 is 2.23 bits per heavy atom. The van der Waals surface area contributed by atoms with Crippen molar-refractivity contribution in [2.24, 2.45) is 23.7 Å². The Morgan fingerprint density at radius 2 is 1.67 bits per heavy atom. The van der Waals surface area contributed by atoms with Crippen LogP contribution in [-0.2, 0) is 14.8 Å². The molecule has 2 atom stereocenters. The minimum atomic E-state index is -3.05. The molecule has 2 unspecified atom stereocenters. The fraction of sp³-hybridized carbons (Fsp3) is 0.810. The third kappa shape index (κ3) is 5.44. The van der Waals surface area contributed by atoms with Crippen molar-refractivity contribution in [2.75, 3.05) is 50.5 Å². The van der Waals surface area contributed by atoms with E-state index in [4.69, 9.17) is 16.3 Å². The van der Waals surface area contributed by atoms with Crippen LogP contribution in [-0.4, -0.2) is 68.3 Å². The Labute approximate surface area is 185 Å². The zero-order chi connectivity index (χ0) is 21.1. The van der Waals surface area contributed by atoms with E-state index in [1.165, 1.54) is 31.9 Å². The Morgan fingerprint density at radius 1 is 1.00 bits per heavy atom. The van der Waals surface area contributed by atoms with Crippen molar-refractivity contribution >= 4 is 27.6 Å². The maximum Gasteiger partial charge on any atom is 0.225 e. The zero-order valence-electron chi connectivity index (χ0n) is 17.7. The molecule has 1 aliphatic carbocycles. The van der Waals surface area contributed by atoms with Crippen LogP contribution < -0.4 is 4.90 Å². The van der Waals surface area contributed by atoms with Crippen molar-refractivity contribution in [1.29, 1.82) is 0 Å². The fourth-order valence-corrected chi connectivity index (χ4v) is 6.18. The van der Waals surface area contributed by atoms with Gasteiger partial charge in [0.1, 0.15) is 0 Å². The van der Waals surface area contributed by atoms with Crippen LogP contribution >= 0.6 is 11.6 Å². The zero-order valence-corrected chi connectivity index (χ0v) is 19.3. The third-order valence-electron chi connectivity index (χ3n) is 7.24. The van der Waals surface area contributed by atoms with E-state index in [1.54, 1.807) is 16.7 Å². The van der Waals surface area contributed by atoms with Gasteiger partial charge in [0.2, 0.25) is 16.0 Å². The topological polar surface area (TPSA) is 75.6 Å². The van der Waals surface area contributed by atoms with Gasteiger partial charge in [0, 0.05) is 39.4 Å². The summed E-state index contributed by atoms with van der Waals surface area (Å²) in [5.74, 6) is 3.51. The lowest BCUT2D eigenvalue weighted by molar-refractivity contribution is -0.0139. The normalized spacial score (nSPS) is 27.2. The molecule has 3 fully saturated rings. The fourth-order valence-electron chi connectivity index (χ4n) is 5.21. The third-order valence-corrected chi connectivity index (χ3v) is 8.74. The highest BCUT2D eigenvalue weighted by Crippen LogP contribution is 2.44. The molecule has 1 aromatic rings. The summed E-state index contributed by atoms with van der Waals surface area (Å²) in [6, 6.07) is 0. The lowest BCUT2D eigenvalue weighted by Gasteiger charge is -2.45. The number of halogens is 1. The summed E-state index contributed by atoms with van der Waals surface area (Å²) in [6.07, 6.45) is 11.4. The van der Waals surface area contributed by atoms with Gasteiger partial charge in [-0.05, 0) is 62.2 Å². The van der Waals surface area contributed by atoms with Crippen molar-refractivity contribution < 1.29 is 13.2 Å². The van der Waals surface area contributed by atoms with Gasteiger partial charge in [0.15, 0.2) is 0 Å². The standard InChI is InChI=1S/C21H33ClN4O3S/c1-30(27,28)26-10-4-16(5-11-26)14-29-15-18-2-3-20(18)17-6-8-25(9-7-17)21-23-12-19(22)13-24-21/h12-13,16-18,20H,2-11,14-15H2,1H3. The SMILES string of the molecule is CS(=O)(=O)N1CCC(COCC2CCC2C2CCN(c3ncc(Cl)cn3)CC2)CC1. The van der Waals surface area contributed by atoms with Crippen LogP contribution in [0.15, 0.2) is 12.4 Å². The highest BCUT2D eigenvalue weighted by molar-refractivity contribution is 7.88. The van der Waals surface area contributed by atoms with Crippen molar-refractivity contribution in [3.63, 3.8) is 0 Å². The first-order valence-electron chi connectivity index (χ1n) is 11.2. The second-order valence-electron chi connectivity index (χ2n) is 9.17. The van der Waals surface area contributed by atoms with Crippen LogP contribution in [0.3, 0.4) is 0 Å². The summed E-state index contributed by atoms with van der Waals surface area (Å²) in [5.41, 5.74) is 0. The number of hydrogen-bond acceptors (Lipinski definition) is 6. The van der Waals surface area contributed by atoms with Crippen molar-refractivity contribution in [3.8, 4) is 0 Å². The van der Waals surface area contributed by atoms with Gasteiger partial charge in [0.25, 0.3) is 0 Å². The lowest BCUT2D eigenvalue weighted by Crippen LogP contribution is -2.43. The molecule has 2 aliphatic heterocycles. The van der Waals surface area contributed by atoms with E-state index in [2.05, 4.69) is 14.9 Å². The molecule has 0 aromatic carbocycles. The van der Waals surface area contributed by atoms with Gasteiger partial charge in [0.05, 0.1) is 23.7 Å². The maximum absolute atomic E-state index is 11.6. The van der Waals surface area contributed by atoms with Gasteiger partial charge < -0.3 is 9.64 Å². The predicted octanol–water partition coefficient (Wildman–Crippen LogP) is 3.06. The molecule has 168 valence electrons. The Kier molecular flexibility index (Phi) is 7.17. The number of sulfonamides is 1. The van der Waals surface area contributed by atoms with Gasteiger partial charge in [-0.25, -0.2) is 22.7 Å². The second kappa shape index (κ2) is 9.67. The van der Waals surface area contributed by atoms with Crippen LogP contribution in [0.4, 0.5) is 5.95 Å². The minimum absolute atomic E-state index is 0.490. The van der Waals surface area contributed by atoms with Crippen LogP contribution in [0.5, 0.6) is 0 Å². The van der Waals surface area contributed by atoms with Crippen molar-refractivity contribution in [1.82, 2.24) is 14.3 Å². The molecule has 0 bridgehead atoms. The molecule has 0 N–H and O–H groups in total.